The number of carbonyl (C=O) groups is 1. The number of ether oxygens (including phenoxy) is 3. The maximum atomic E-state index is 12.8. The van der Waals surface area contributed by atoms with E-state index >= 15 is 0 Å². The van der Waals surface area contributed by atoms with Crippen LogP contribution in [0.1, 0.15) is 59.6 Å². The van der Waals surface area contributed by atoms with E-state index in [1.165, 1.54) is 5.56 Å². The molecule has 1 aliphatic heterocycles. The number of likely N-dealkylation sites (N-methyl/N-ethyl adjacent to an activating group) is 1. The van der Waals surface area contributed by atoms with Crippen molar-refractivity contribution in [2.45, 2.75) is 51.0 Å². The van der Waals surface area contributed by atoms with E-state index in [-0.39, 0.29) is 30.9 Å². The topological polar surface area (TPSA) is 92.3 Å². The Labute approximate surface area is 323 Å². The van der Waals surface area contributed by atoms with Gasteiger partial charge in [-0.3, -0.25) is 4.90 Å². The normalized spacial score (nSPS) is 17.3. The first-order valence-corrected chi connectivity index (χ1v) is 18.7. The molecule has 1 aliphatic rings. The van der Waals surface area contributed by atoms with Gasteiger partial charge in [-0.25, -0.2) is 4.79 Å². The van der Waals surface area contributed by atoms with Crippen LogP contribution in [0.4, 0.5) is 10.5 Å². The van der Waals surface area contributed by atoms with Crippen molar-refractivity contribution < 1.29 is 24.1 Å². The summed E-state index contributed by atoms with van der Waals surface area (Å²) in [6.45, 7) is 3.31. The number of carbonyl (C=O) groups excluding carboxylic acids is 1. The van der Waals surface area contributed by atoms with Gasteiger partial charge < -0.3 is 30.0 Å². The lowest BCUT2D eigenvalue weighted by Crippen LogP contribution is -2.38. The highest BCUT2D eigenvalue weighted by Crippen LogP contribution is 2.39. The molecule has 4 unspecified atom stereocenters. The zero-order valence-corrected chi connectivity index (χ0v) is 31.2. The van der Waals surface area contributed by atoms with Gasteiger partial charge in [0.1, 0.15) is 11.5 Å². The Morgan fingerprint density at radius 3 is 2.15 bits per heavy atom. The Morgan fingerprint density at radius 1 is 0.745 bits per heavy atom. The average Bonchev–Trinajstić information content (AvgIpc) is 3.24. The van der Waals surface area contributed by atoms with Gasteiger partial charge in [0.25, 0.3) is 0 Å². The molecule has 8 nitrogen and oxygen atoms in total. The number of nitrogens with zero attached hydrogens (tertiary/aromatic N) is 1. The molecular formula is C47H47N3O5. The third-order valence-electron chi connectivity index (χ3n) is 10.0. The average molecular weight is 734 g/mol. The van der Waals surface area contributed by atoms with E-state index in [1.54, 1.807) is 0 Å². The van der Waals surface area contributed by atoms with E-state index in [2.05, 4.69) is 84.1 Å². The highest BCUT2D eigenvalue weighted by molar-refractivity contribution is 5.89. The smallest absolute Gasteiger partial charge is 0.319 e. The molecule has 8 heteroatoms. The number of nitrogens with one attached hydrogen (secondary N) is 2. The summed E-state index contributed by atoms with van der Waals surface area (Å²) in [6, 6.07) is 51.7. The molecule has 55 heavy (non-hydrogen) atoms. The highest BCUT2D eigenvalue weighted by Gasteiger charge is 2.33. The number of amides is 2. The molecule has 4 atom stereocenters. The van der Waals surface area contributed by atoms with E-state index in [0.29, 0.717) is 24.4 Å². The molecule has 2 amide bonds. The van der Waals surface area contributed by atoms with Gasteiger partial charge in [-0.1, -0.05) is 109 Å². The fraction of sp³-hybridized carbons (Fsp3) is 0.213. The van der Waals surface area contributed by atoms with Crippen LogP contribution < -0.4 is 15.4 Å². The van der Waals surface area contributed by atoms with Crippen molar-refractivity contribution in [2.24, 2.45) is 0 Å². The maximum Gasteiger partial charge on any atom is 0.319 e. The fourth-order valence-electron chi connectivity index (χ4n) is 6.81. The molecule has 0 aliphatic carbocycles. The van der Waals surface area contributed by atoms with Crippen LogP contribution in [0.25, 0.3) is 11.1 Å². The lowest BCUT2D eigenvalue weighted by Gasteiger charge is -2.39. The molecule has 7 rings (SSSR count). The molecule has 1 heterocycles. The van der Waals surface area contributed by atoms with Crippen molar-refractivity contribution in [2.75, 3.05) is 18.9 Å². The van der Waals surface area contributed by atoms with E-state index < -0.39 is 6.29 Å². The van der Waals surface area contributed by atoms with Gasteiger partial charge in [-0.15, -0.1) is 0 Å². The SMILES string of the molecule is CC(c1ccccc1)N(C)CC1CC(c2ccc(CO)cc2)OC(c2cccc(-c3cccc(CNC(=O)Nc4ccc(Oc5ccccc5)cc4)c3)c2)O1. The minimum absolute atomic E-state index is 0.0000688. The van der Waals surface area contributed by atoms with Crippen LogP contribution >= 0.6 is 0 Å². The molecule has 280 valence electrons. The van der Waals surface area contributed by atoms with Gasteiger partial charge in [0.2, 0.25) is 0 Å². The summed E-state index contributed by atoms with van der Waals surface area (Å²) >= 11 is 0. The van der Waals surface area contributed by atoms with Gasteiger partial charge in [0.15, 0.2) is 6.29 Å². The number of para-hydroxylation sites is 1. The lowest BCUT2D eigenvalue weighted by atomic mass is 9.98. The Bertz CT molecular complexity index is 2130. The monoisotopic (exact) mass is 733 g/mol. The summed E-state index contributed by atoms with van der Waals surface area (Å²) in [4.78, 5) is 15.1. The number of rotatable bonds is 13. The van der Waals surface area contributed by atoms with Crippen molar-refractivity contribution in [3.8, 4) is 22.6 Å². The van der Waals surface area contributed by atoms with Crippen LogP contribution in [-0.2, 0) is 22.6 Å². The molecule has 1 fully saturated rings. The van der Waals surface area contributed by atoms with Gasteiger partial charge in [0.05, 0.1) is 18.8 Å². The van der Waals surface area contributed by atoms with Crippen molar-refractivity contribution in [1.82, 2.24) is 10.2 Å². The van der Waals surface area contributed by atoms with Crippen LogP contribution in [0.15, 0.2) is 158 Å². The summed E-state index contributed by atoms with van der Waals surface area (Å²) in [6.07, 6.45) is -0.130. The summed E-state index contributed by atoms with van der Waals surface area (Å²) in [5.41, 5.74) is 7.80. The zero-order valence-electron chi connectivity index (χ0n) is 31.2. The third kappa shape index (κ3) is 10.1. The van der Waals surface area contributed by atoms with Gasteiger partial charge in [-0.2, -0.15) is 0 Å². The summed E-state index contributed by atoms with van der Waals surface area (Å²) < 4.78 is 19.3. The Balaban J connectivity index is 1.01. The van der Waals surface area contributed by atoms with E-state index in [0.717, 1.165) is 45.7 Å². The van der Waals surface area contributed by atoms with Crippen LogP contribution in [-0.4, -0.2) is 35.7 Å². The second-order valence-electron chi connectivity index (χ2n) is 13.9. The quantitative estimate of drug-likeness (QED) is 0.109. The molecule has 0 saturated carbocycles. The fourth-order valence-corrected chi connectivity index (χ4v) is 6.81. The molecule has 0 radical (unpaired) electrons. The molecule has 0 spiro atoms. The second kappa shape index (κ2) is 18.0. The van der Waals surface area contributed by atoms with Crippen LogP contribution in [0, 0.1) is 0 Å². The predicted octanol–water partition coefficient (Wildman–Crippen LogP) is 10.2. The number of aliphatic hydroxyl groups excluding tert-OH is 1. The molecule has 3 N–H and O–H groups in total. The molecular weight excluding hydrogens is 687 g/mol. The standard InChI is InChI=1S/C47H47N3O5/c1-33(36-12-5-3-6-13-36)50(2)31-44-29-45(37-21-19-34(32-51)20-22-37)55-46(54-44)40-16-10-15-39(28-40)38-14-9-11-35(27-38)30-48-47(52)49-41-23-25-43(26-24-41)53-42-17-7-4-8-18-42/h3-28,33,44-46,51H,29-32H2,1-2H3,(H2,48,49,52). The Hall–Kier alpha value is -5.77. The van der Waals surface area contributed by atoms with Crippen LogP contribution in [0.3, 0.4) is 0 Å². The van der Waals surface area contributed by atoms with Crippen molar-refractivity contribution in [3.63, 3.8) is 0 Å². The number of hydrogen-bond acceptors (Lipinski definition) is 6. The number of hydrogen-bond donors (Lipinski definition) is 3. The van der Waals surface area contributed by atoms with Crippen molar-refractivity contribution >= 4 is 11.7 Å². The van der Waals surface area contributed by atoms with Crippen LogP contribution in [0.2, 0.25) is 0 Å². The first kappa shape index (κ1) is 37.5. The van der Waals surface area contributed by atoms with Crippen molar-refractivity contribution in [3.05, 3.63) is 186 Å². The maximum absolute atomic E-state index is 12.8. The number of benzene rings is 6. The largest absolute Gasteiger partial charge is 0.457 e. The van der Waals surface area contributed by atoms with Gasteiger partial charge >= 0.3 is 6.03 Å². The molecule has 6 aromatic rings. The molecule has 0 bridgehead atoms. The first-order chi connectivity index (χ1) is 26.9. The minimum Gasteiger partial charge on any atom is -0.457 e. The summed E-state index contributed by atoms with van der Waals surface area (Å²) in [5.74, 6) is 1.44. The van der Waals surface area contributed by atoms with Crippen LogP contribution in [0.5, 0.6) is 11.5 Å². The lowest BCUT2D eigenvalue weighted by molar-refractivity contribution is -0.253. The third-order valence-corrected chi connectivity index (χ3v) is 10.0. The van der Waals surface area contributed by atoms with Gasteiger partial charge in [0, 0.05) is 36.8 Å². The van der Waals surface area contributed by atoms with E-state index in [1.807, 2.05) is 103 Å². The second-order valence-corrected chi connectivity index (χ2v) is 13.9. The Morgan fingerprint density at radius 2 is 1.42 bits per heavy atom. The number of anilines is 1. The number of urea groups is 1. The minimum atomic E-state index is -0.575. The molecule has 0 aromatic heterocycles. The Kier molecular flexibility index (Phi) is 12.3. The number of aliphatic hydroxyl groups is 1. The molecule has 6 aromatic carbocycles. The predicted molar refractivity (Wildman–Crippen MR) is 217 cm³/mol. The molecule has 1 saturated heterocycles. The zero-order chi connectivity index (χ0) is 38.0. The van der Waals surface area contributed by atoms with Crippen molar-refractivity contribution in [1.29, 1.82) is 0 Å². The summed E-state index contributed by atoms with van der Waals surface area (Å²) in [7, 11) is 2.14. The first-order valence-electron chi connectivity index (χ1n) is 18.7. The van der Waals surface area contributed by atoms with E-state index in [4.69, 9.17) is 14.2 Å². The van der Waals surface area contributed by atoms with Gasteiger partial charge in [-0.05, 0) is 95.9 Å². The summed E-state index contributed by atoms with van der Waals surface area (Å²) in [5, 5.41) is 15.5. The highest BCUT2D eigenvalue weighted by atomic mass is 16.7. The van der Waals surface area contributed by atoms with E-state index in [9.17, 15) is 9.90 Å².